The molecule has 0 aromatic heterocycles. The topological polar surface area (TPSA) is 66.8 Å². The zero-order chi connectivity index (χ0) is 19.8. The summed E-state index contributed by atoms with van der Waals surface area (Å²) in [6.45, 7) is 1.19. The number of hydrogen-bond acceptors (Lipinski definition) is 3. The molecule has 3 aromatic carbocycles. The summed E-state index contributed by atoms with van der Waals surface area (Å²) in [4.78, 5) is 25.6. The van der Waals surface area contributed by atoms with E-state index in [9.17, 15) is 9.59 Å². The van der Waals surface area contributed by atoms with Gasteiger partial charge in [0.25, 0.3) is 5.91 Å². The smallest absolute Gasteiger partial charge is 0.335 e. The fourth-order valence-corrected chi connectivity index (χ4v) is 2.79. The Labute approximate surface area is 163 Å². The number of aromatic carboxylic acids is 1. The first-order chi connectivity index (χ1) is 13.6. The van der Waals surface area contributed by atoms with Crippen molar-refractivity contribution in [1.82, 2.24) is 4.90 Å². The van der Waals surface area contributed by atoms with Crippen LogP contribution in [-0.4, -0.2) is 35.0 Å². The maximum atomic E-state index is 12.9. The van der Waals surface area contributed by atoms with E-state index in [2.05, 4.69) is 0 Å². The minimum Gasteiger partial charge on any atom is -0.492 e. The number of carboxylic acid groups (broad SMARTS) is 1. The van der Waals surface area contributed by atoms with E-state index in [1.165, 1.54) is 12.1 Å². The normalized spacial score (nSPS) is 10.3. The lowest BCUT2D eigenvalue weighted by molar-refractivity contribution is 0.0692. The van der Waals surface area contributed by atoms with Crippen LogP contribution in [0, 0.1) is 0 Å². The van der Waals surface area contributed by atoms with E-state index in [-0.39, 0.29) is 11.5 Å². The van der Waals surface area contributed by atoms with Crippen molar-refractivity contribution in [2.24, 2.45) is 0 Å². The predicted octanol–water partition coefficient (Wildman–Crippen LogP) is 4.11. The zero-order valence-electron chi connectivity index (χ0n) is 15.3. The van der Waals surface area contributed by atoms with Crippen LogP contribution in [0.15, 0.2) is 84.9 Å². The predicted molar refractivity (Wildman–Crippen MR) is 107 cm³/mol. The lowest BCUT2D eigenvalue weighted by Gasteiger charge is -2.23. The average Bonchev–Trinajstić information content (AvgIpc) is 2.74. The molecule has 0 heterocycles. The number of ether oxygens (including phenoxy) is 1. The Morgan fingerprint density at radius 3 is 2.00 bits per heavy atom. The highest BCUT2D eigenvalue weighted by Gasteiger charge is 2.16. The molecule has 0 bridgehead atoms. The number of carboxylic acids is 1. The second-order valence-corrected chi connectivity index (χ2v) is 6.26. The van der Waals surface area contributed by atoms with Gasteiger partial charge < -0.3 is 14.7 Å². The van der Waals surface area contributed by atoms with Gasteiger partial charge in [-0.1, -0.05) is 48.5 Å². The summed E-state index contributed by atoms with van der Waals surface area (Å²) in [5, 5.41) is 8.95. The Kier molecular flexibility index (Phi) is 6.41. The summed E-state index contributed by atoms with van der Waals surface area (Å²) >= 11 is 0. The molecule has 1 amide bonds. The summed E-state index contributed by atoms with van der Waals surface area (Å²) < 4.78 is 5.71. The molecule has 3 aromatic rings. The third-order valence-corrected chi connectivity index (χ3v) is 4.26. The Morgan fingerprint density at radius 1 is 0.786 bits per heavy atom. The maximum absolute atomic E-state index is 12.9. The van der Waals surface area contributed by atoms with E-state index in [1.54, 1.807) is 29.2 Å². The molecule has 0 radical (unpaired) electrons. The summed E-state index contributed by atoms with van der Waals surface area (Å²) in [7, 11) is 0. The molecule has 28 heavy (non-hydrogen) atoms. The lowest BCUT2D eigenvalue weighted by atomic mass is 10.1. The number of amides is 1. The third-order valence-electron chi connectivity index (χ3n) is 4.26. The van der Waals surface area contributed by atoms with Crippen molar-refractivity contribution in [3.05, 3.63) is 102 Å². The molecule has 5 nitrogen and oxygen atoms in total. The molecule has 0 saturated heterocycles. The molecule has 0 spiro atoms. The van der Waals surface area contributed by atoms with Gasteiger partial charge in [-0.3, -0.25) is 4.79 Å². The minimum absolute atomic E-state index is 0.0609. The van der Waals surface area contributed by atoms with Crippen LogP contribution in [0.3, 0.4) is 0 Å². The maximum Gasteiger partial charge on any atom is 0.335 e. The molecule has 0 aliphatic carbocycles. The van der Waals surface area contributed by atoms with Crippen LogP contribution in [0.2, 0.25) is 0 Å². The van der Waals surface area contributed by atoms with Gasteiger partial charge in [-0.25, -0.2) is 4.79 Å². The molecule has 1 N–H and O–H groups in total. The van der Waals surface area contributed by atoms with E-state index >= 15 is 0 Å². The summed E-state index contributed by atoms with van der Waals surface area (Å²) in [6, 6.07) is 25.2. The molecule has 0 atom stereocenters. The van der Waals surface area contributed by atoms with Crippen LogP contribution in [0.25, 0.3) is 0 Å². The van der Waals surface area contributed by atoms with E-state index in [4.69, 9.17) is 9.84 Å². The molecular weight excluding hydrogens is 354 g/mol. The number of benzene rings is 3. The standard InChI is InChI=1S/C23H21NO4/c25-22(19-9-5-2-6-10-19)24(17-18-7-3-1-4-8-18)15-16-28-21-13-11-20(12-14-21)23(26)27/h1-14H,15-17H2,(H,26,27). The zero-order valence-corrected chi connectivity index (χ0v) is 15.3. The Hall–Kier alpha value is -3.60. The van der Waals surface area contributed by atoms with Crippen LogP contribution in [-0.2, 0) is 6.54 Å². The van der Waals surface area contributed by atoms with E-state index in [0.717, 1.165) is 5.56 Å². The van der Waals surface area contributed by atoms with Crippen molar-refractivity contribution in [1.29, 1.82) is 0 Å². The number of hydrogen-bond donors (Lipinski definition) is 1. The SMILES string of the molecule is O=C(O)c1ccc(OCCN(Cc2ccccc2)C(=O)c2ccccc2)cc1. The van der Waals surface area contributed by atoms with E-state index in [0.29, 0.717) is 31.0 Å². The number of rotatable bonds is 8. The number of carbonyl (C=O) groups excluding carboxylic acids is 1. The van der Waals surface area contributed by atoms with Crippen LogP contribution in [0.1, 0.15) is 26.3 Å². The first-order valence-electron chi connectivity index (χ1n) is 8.98. The second-order valence-electron chi connectivity index (χ2n) is 6.26. The molecule has 3 rings (SSSR count). The van der Waals surface area contributed by atoms with Crippen molar-refractivity contribution in [3.63, 3.8) is 0 Å². The average molecular weight is 375 g/mol. The van der Waals surface area contributed by atoms with Crippen LogP contribution < -0.4 is 4.74 Å². The molecule has 0 fully saturated rings. The fraction of sp³-hybridized carbons (Fsp3) is 0.130. The van der Waals surface area contributed by atoms with E-state index in [1.807, 2.05) is 48.5 Å². The van der Waals surface area contributed by atoms with Crippen molar-refractivity contribution in [2.45, 2.75) is 6.54 Å². The van der Waals surface area contributed by atoms with Gasteiger partial charge in [0.05, 0.1) is 12.1 Å². The molecule has 142 valence electrons. The van der Waals surface area contributed by atoms with Gasteiger partial charge in [0.15, 0.2) is 0 Å². The second kappa shape index (κ2) is 9.37. The molecule has 0 aliphatic rings. The molecule has 5 heteroatoms. The van der Waals surface area contributed by atoms with E-state index < -0.39 is 5.97 Å². The van der Waals surface area contributed by atoms with Crippen molar-refractivity contribution >= 4 is 11.9 Å². The van der Waals surface area contributed by atoms with Gasteiger partial charge >= 0.3 is 5.97 Å². The fourth-order valence-electron chi connectivity index (χ4n) is 2.79. The highest BCUT2D eigenvalue weighted by Crippen LogP contribution is 2.14. The van der Waals surface area contributed by atoms with Gasteiger partial charge in [-0.05, 0) is 42.0 Å². The van der Waals surface area contributed by atoms with Gasteiger partial charge in [0.2, 0.25) is 0 Å². The number of carbonyl (C=O) groups is 2. The van der Waals surface area contributed by atoms with Gasteiger partial charge in [0.1, 0.15) is 12.4 Å². The lowest BCUT2D eigenvalue weighted by Crippen LogP contribution is -2.34. The monoisotopic (exact) mass is 375 g/mol. The van der Waals surface area contributed by atoms with Crippen LogP contribution in [0.4, 0.5) is 0 Å². The largest absolute Gasteiger partial charge is 0.492 e. The first kappa shape index (κ1) is 19.2. The summed E-state index contributed by atoms with van der Waals surface area (Å²) in [5.41, 5.74) is 1.87. The van der Waals surface area contributed by atoms with Gasteiger partial charge in [-0.2, -0.15) is 0 Å². The van der Waals surface area contributed by atoms with Crippen LogP contribution in [0.5, 0.6) is 5.75 Å². The summed E-state index contributed by atoms with van der Waals surface area (Å²) in [5.74, 6) is -0.472. The Morgan fingerprint density at radius 2 is 1.39 bits per heavy atom. The minimum atomic E-state index is -0.978. The quantitative estimate of drug-likeness (QED) is 0.643. The van der Waals surface area contributed by atoms with Crippen LogP contribution >= 0.6 is 0 Å². The molecule has 0 aliphatic heterocycles. The third kappa shape index (κ3) is 5.20. The van der Waals surface area contributed by atoms with Crippen molar-refractivity contribution in [3.8, 4) is 5.75 Å². The first-order valence-corrected chi connectivity index (χ1v) is 8.98. The molecular formula is C23H21NO4. The Balaban J connectivity index is 1.66. The summed E-state index contributed by atoms with van der Waals surface area (Å²) in [6.07, 6.45) is 0. The van der Waals surface area contributed by atoms with Gasteiger partial charge in [0, 0.05) is 12.1 Å². The van der Waals surface area contributed by atoms with Crippen molar-refractivity contribution < 1.29 is 19.4 Å². The molecule has 0 unspecified atom stereocenters. The number of nitrogens with zero attached hydrogens (tertiary/aromatic N) is 1. The highest BCUT2D eigenvalue weighted by atomic mass is 16.5. The van der Waals surface area contributed by atoms with Gasteiger partial charge in [-0.15, -0.1) is 0 Å². The van der Waals surface area contributed by atoms with Crippen molar-refractivity contribution in [2.75, 3.05) is 13.2 Å². The Bertz CT molecular complexity index is 908. The molecule has 0 saturated carbocycles. The highest BCUT2D eigenvalue weighted by molar-refractivity contribution is 5.94.